The van der Waals surface area contributed by atoms with Gasteiger partial charge in [0.1, 0.15) is 0 Å². The molecule has 2 amide bonds. The molecule has 0 aliphatic rings. The average molecular weight is 433 g/mol. The van der Waals surface area contributed by atoms with Crippen LogP contribution in [0.5, 0.6) is 5.75 Å². The van der Waals surface area contributed by atoms with Gasteiger partial charge in [0, 0.05) is 18.2 Å². The molecule has 0 aliphatic heterocycles. The molecule has 3 rings (SSSR count). The first-order valence-electron chi connectivity index (χ1n) is 10.0. The number of hydrogen-bond acceptors (Lipinski definition) is 5. The van der Waals surface area contributed by atoms with Gasteiger partial charge in [0.15, 0.2) is 5.75 Å². The summed E-state index contributed by atoms with van der Waals surface area (Å²) < 4.78 is 5.25. The van der Waals surface area contributed by atoms with E-state index < -0.39 is 10.8 Å². The molecular formula is C24H23N3O5. The molecular weight excluding hydrogens is 410 g/mol. The van der Waals surface area contributed by atoms with E-state index in [9.17, 15) is 19.7 Å². The Balaban J connectivity index is 1.76. The van der Waals surface area contributed by atoms with Crippen molar-refractivity contribution >= 4 is 23.2 Å². The van der Waals surface area contributed by atoms with Gasteiger partial charge in [0.2, 0.25) is 0 Å². The highest BCUT2D eigenvalue weighted by molar-refractivity contribution is 6.09. The van der Waals surface area contributed by atoms with Gasteiger partial charge in [-0.3, -0.25) is 19.7 Å². The third-order valence-electron chi connectivity index (χ3n) is 4.71. The molecule has 0 saturated carbocycles. The van der Waals surface area contributed by atoms with Gasteiger partial charge in [-0.1, -0.05) is 42.0 Å². The fourth-order valence-corrected chi connectivity index (χ4v) is 3.05. The van der Waals surface area contributed by atoms with Crippen LogP contribution in [0, 0.1) is 17.0 Å². The van der Waals surface area contributed by atoms with Crippen LogP contribution >= 0.6 is 0 Å². The molecule has 0 bridgehead atoms. The fourth-order valence-electron chi connectivity index (χ4n) is 3.05. The second-order valence-corrected chi connectivity index (χ2v) is 7.04. The number of aryl methyl sites for hydroxylation is 1. The van der Waals surface area contributed by atoms with Crippen molar-refractivity contribution in [2.45, 2.75) is 20.4 Å². The van der Waals surface area contributed by atoms with Gasteiger partial charge in [-0.2, -0.15) is 0 Å². The van der Waals surface area contributed by atoms with E-state index in [2.05, 4.69) is 10.6 Å². The van der Waals surface area contributed by atoms with Crippen LogP contribution in [0.25, 0.3) is 0 Å². The Kier molecular flexibility index (Phi) is 7.17. The molecule has 164 valence electrons. The van der Waals surface area contributed by atoms with Gasteiger partial charge in [0.25, 0.3) is 11.8 Å². The van der Waals surface area contributed by atoms with Gasteiger partial charge >= 0.3 is 5.69 Å². The lowest BCUT2D eigenvalue weighted by Crippen LogP contribution is -2.25. The zero-order chi connectivity index (χ0) is 23.1. The summed E-state index contributed by atoms with van der Waals surface area (Å²) >= 11 is 0. The molecule has 0 aromatic heterocycles. The summed E-state index contributed by atoms with van der Waals surface area (Å²) in [6.07, 6.45) is 0. The summed E-state index contributed by atoms with van der Waals surface area (Å²) in [7, 11) is 0. The van der Waals surface area contributed by atoms with E-state index in [4.69, 9.17) is 4.74 Å². The third kappa shape index (κ3) is 5.48. The van der Waals surface area contributed by atoms with Crippen molar-refractivity contribution in [3.05, 3.63) is 99.1 Å². The van der Waals surface area contributed by atoms with Crippen LogP contribution in [-0.4, -0.2) is 23.3 Å². The number of amides is 2. The largest absolute Gasteiger partial charge is 0.487 e. The van der Waals surface area contributed by atoms with Crippen LogP contribution in [0.4, 0.5) is 11.4 Å². The number of nitrogens with one attached hydrogen (secondary N) is 2. The van der Waals surface area contributed by atoms with E-state index in [0.29, 0.717) is 12.2 Å². The zero-order valence-corrected chi connectivity index (χ0v) is 17.8. The molecule has 3 aromatic rings. The summed E-state index contributed by atoms with van der Waals surface area (Å²) in [5, 5.41) is 16.8. The van der Waals surface area contributed by atoms with Crippen molar-refractivity contribution in [1.29, 1.82) is 0 Å². The molecule has 0 heterocycles. The van der Waals surface area contributed by atoms with Crippen LogP contribution in [0.3, 0.4) is 0 Å². The van der Waals surface area contributed by atoms with Gasteiger partial charge < -0.3 is 15.4 Å². The number of benzene rings is 3. The summed E-state index contributed by atoms with van der Waals surface area (Å²) in [5.41, 5.74) is 2.44. The number of carbonyl (C=O) groups is 2. The predicted molar refractivity (Wildman–Crippen MR) is 121 cm³/mol. The minimum atomic E-state index is -0.603. The number of anilines is 1. The number of nitro benzene ring substituents is 1. The van der Waals surface area contributed by atoms with Gasteiger partial charge in [0.05, 0.1) is 22.8 Å². The number of para-hydroxylation sites is 1. The third-order valence-corrected chi connectivity index (χ3v) is 4.71. The lowest BCUT2D eigenvalue weighted by molar-refractivity contribution is -0.385. The van der Waals surface area contributed by atoms with E-state index >= 15 is 0 Å². The van der Waals surface area contributed by atoms with Crippen LogP contribution in [-0.2, 0) is 6.54 Å². The first-order chi connectivity index (χ1) is 15.4. The second-order valence-electron chi connectivity index (χ2n) is 7.04. The van der Waals surface area contributed by atoms with Crippen molar-refractivity contribution in [1.82, 2.24) is 5.32 Å². The number of rotatable bonds is 8. The highest BCUT2D eigenvalue weighted by atomic mass is 16.6. The van der Waals surface area contributed by atoms with Crippen molar-refractivity contribution in [2.75, 3.05) is 11.9 Å². The number of ether oxygens (including phenoxy) is 1. The molecule has 0 unspecified atom stereocenters. The van der Waals surface area contributed by atoms with E-state index in [1.54, 1.807) is 31.2 Å². The molecule has 0 radical (unpaired) electrons. The number of nitrogens with zero attached hydrogens (tertiary/aromatic N) is 1. The SMILES string of the molecule is CCOc1ccc(C(=O)Nc2ccccc2C(=O)NCc2ccc(C)cc2)cc1[N+](=O)[O-]. The maximum Gasteiger partial charge on any atom is 0.311 e. The number of nitro groups is 1. The van der Waals surface area contributed by atoms with Gasteiger partial charge in [-0.05, 0) is 43.7 Å². The molecule has 0 fully saturated rings. The molecule has 0 spiro atoms. The normalized spacial score (nSPS) is 10.3. The maximum absolute atomic E-state index is 12.7. The van der Waals surface area contributed by atoms with Crippen molar-refractivity contribution < 1.29 is 19.2 Å². The Hall–Kier alpha value is -4.20. The fraction of sp³-hybridized carbons (Fsp3) is 0.167. The van der Waals surface area contributed by atoms with Gasteiger partial charge in [-0.15, -0.1) is 0 Å². The molecule has 0 atom stereocenters. The topological polar surface area (TPSA) is 111 Å². The van der Waals surface area contributed by atoms with Gasteiger partial charge in [-0.25, -0.2) is 0 Å². The summed E-state index contributed by atoms with van der Waals surface area (Å²) in [6.45, 7) is 4.30. The van der Waals surface area contributed by atoms with E-state index in [1.807, 2.05) is 31.2 Å². The predicted octanol–water partition coefficient (Wildman–Crippen LogP) is 4.48. The number of carbonyl (C=O) groups excluding carboxylic acids is 2. The van der Waals surface area contributed by atoms with Crippen LogP contribution in [0.1, 0.15) is 38.8 Å². The summed E-state index contributed by atoms with van der Waals surface area (Å²) in [4.78, 5) is 36.2. The molecule has 8 nitrogen and oxygen atoms in total. The Morgan fingerprint density at radius 1 is 1.00 bits per heavy atom. The van der Waals surface area contributed by atoms with Crippen molar-refractivity contribution in [3.63, 3.8) is 0 Å². The van der Waals surface area contributed by atoms with E-state index in [-0.39, 0.29) is 35.1 Å². The van der Waals surface area contributed by atoms with Crippen molar-refractivity contribution in [3.8, 4) is 5.75 Å². The Labute approximate surface area is 185 Å². The highest BCUT2D eigenvalue weighted by Crippen LogP contribution is 2.28. The smallest absolute Gasteiger partial charge is 0.311 e. The number of hydrogen-bond donors (Lipinski definition) is 2. The van der Waals surface area contributed by atoms with Crippen LogP contribution < -0.4 is 15.4 Å². The maximum atomic E-state index is 12.7. The van der Waals surface area contributed by atoms with Crippen molar-refractivity contribution in [2.24, 2.45) is 0 Å². The summed E-state index contributed by atoms with van der Waals surface area (Å²) in [5.74, 6) is -0.834. The molecule has 0 saturated heterocycles. The highest BCUT2D eigenvalue weighted by Gasteiger charge is 2.20. The quantitative estimate of drug-likeness (QED) is 0.402. The molecule has 0 aliphatic carbocycles. The summed E-state index contributed by atoms with van der Waals surface area (Å²) in [6, 6.07) is 18.3. The zero-order valence-electron chi connectivity index (χ0n) is 17.8. The first-order valence-corrected chi connectivity index (χ1v) is 10.0. The van der Waals surface area contributed by atoms with Crippen LogP contribution in [0.2, 0.25) is 0 Å². The minimum absolute atomic E-state index is 0.0787. The monoisotopic (exact) mass is 433 g/mol. The average Bonchev–Trinajstić information content (AvgIpc) is 2.79. The van der Waals surface area contributed by atoms with Crippen LogP contribution in [0.15, 0.2) is 66.7 Å². The first kappa shape index (κ1) is 22.5. The molecule has 3 aromatic carbocycles. The Bertz CT molecular complexity index is 1140. The molecule has 8 heteroatoms. The minimum Gasteiger partial charge on any atom is -0.487 e. The Morgan fingerprint density at radius 2 is 1.72 bits per heavy atom. The van der Waals surface area contributed by atoms with E-state index in [1.165, 1.54) is 12.1 Å². The lowest BCUT2D eigenvalue weighted by Gasteiger charge is -2.12. The standard InChI is InChI=1S/C24H23N3O5/c1-3-32-22-13-12-18(14-21(22)27(30)31)23(28)26-20-7-5-4-6-19(20)24(29)25-15-17-10-8-16(2)9-11-17/h4-14H,3,15H2,1-2H3,(H,25,29)(H,26,28). The molecule has 2 N–H and O–H groups in total. The molecule has 32 heavy (non-hydrogen) atoms. The lowest BCUT2D eigenvalue weighted by atomic mass is 10.1. The Morgan fingerprint density at radius 3 is 2.41 bits per heavy atom. The van der Waals surface area contributed by atoms with E-state index in [0.717, 1.165) is 17.2 Å². The second kappa shape index (κ2) is 10.2.